The average molecular weight is 335 g/mol. The summed E-state index contributed by atoms with van der Waals surface area (Å²) in [5.74, 6) is 0.641. The molecule has 3 rings (SSSR count). The van der Waals surface area contributed by atoms with Gasteiger partial charge in [0.2, 0.25) is 0 Å². The van der Waals surface area contributed by atoms with Crippen molar-refractivity contribution in [3.63, 3.8) is 0 Å². The number of aryl methyl sites for hydroxylation is 3. The maximum absolute atomic E-state index is 12.8. The van der Waals surface area contributed by atoms with Crippen molar-refractivity contribution in [1.82, 2.24) is 19.7 Å². The summed E-state index contributed by atoms with van der Waals surface area (Å²) < 4.78 is 7.55. The lowest BCUT2D eigenvalue weighted by atomic mass is 10.0. The molecule has 6 nitrogen and oxygen atoms in total. The van der Waals surface area contributed by atoms with Crippen molar-refractivity contribution in [2.75, 3.05) is 19.7 Å². The van der Waals surface area contributed by atoms with Crippen molar-refractivity contribution in [1.29, 1.82) is 0 Å². The van der Waals surface area contributed by atoms with Gasteiger partial charge in [-0.15, -0.1) is 10.2 Å². The lowest BCUT2D eigenvalue weighted by Crippen LogP contribution is -2.43. The number of benzene rings is 1. The molecule has 0 saturated carbocycles. The van der Waals surface area contributed by atoms with Crippen LogP contribution in [0.25, 0.3) is 0 Å². The quantitative estimate of drug-likeness (QED) is 0.845. The number of aromatic nitrogens is 3. The molecule has 0 unspecified atom stereocenters. The summed E-state index contributed by atoms with van der Waals surface area (Å²) in [6, 6.07) is 3.69. The zero-order chi connectivity index (χ0) is 16.6. The monoisotopic (exact) mass is 334 g/mol. The third-order valence-electron chi connectivity index (χ3n) is 4.20. The van der Waals surface area contributed by atoms with E-state index >= 15 is 0 Å². The lowest BCUT2D eigenvalue weighted by Gasteiger charge is -2.32. The maximum atomic E-state index is 12.8. The Morgan fingerprint density at radius 1 is 1.35 bits per heavy atom. The van der Waals surface area contributed by atoms with E-state index < -0.39 is 0 Å². The highest BCUT2D eigenvalue weighted by atomic mass is 35.5. The van der Waals surface area contributed by atoms with Gasteiger partial charge in [-0.2, -0.15) is 0 Å². The molecule has 2 aromatic rings. The van der Waals surface area contributed by atoms with Crippen molar-refractivity contribution in [2.24, 2.45) is 7.05 Å². The molecule has 1 saturated heterocycles. The van der Waals surface area contributed by atoms with Gasteiger partial charge < -0.3 is 14.2 Å². The predicted octanol–water partition coefficient (Wildman–Crippen LogP) is 2.30. The summed E-state index contributed by atoms with van der Waals surface area (Å²) in [6.45, 7) is 5.40. The molecule has 23 heavy (non-hydrogen) atoms. The van der Waals surface area contributed by atoms with E-state index in [-0.39, 0.29) is 12.0 Å². The molecule has 1 aliphatic rings. The molecule has 1 amide bonds. The minimum absolute atomic E-state index is 0.0754. The van der Waals surface area contributed by atoms with Crippen molar-refractivity contribution >= 4 is 17.5 Å². The first-order chi connectivity index (χ1) is 11.0. The van der Waals surface area contributed by atoms with Crippen molar-refractivity contribution in [3.05, 3.63) is 46.0 Å². The van der Waals surface area contributed by atoms with E-state index in [1.807, 2.05) is 37.6 Å². The van der Waals surface area contributed by atoms with E-state index in [1.165, 1.54) is 0 Å². The molecule has 0 bridgehead atoms. The number of ether oxygens (including phenoxy) is 1. The number of rotatable bonds is 2. The molecule has 1 aromatic heterocycles. The summed E-state index contributed by atoms with van der Waals surface area (Å²) in [4.78, 5) is 14.6. The van der Waals surface area contributed by atoms with E-state index in [0.717, 1.165) is 11.1 Å². The molecule has 122 valence electrons. The Morgan fingerprint density at radius 2 is 2.09 bits per heavy atom. The Kier molecular flexibility index (Phi) is 4.37. The van der Waals surface area contributed by atoms with Crippen LogP contribution in [-0.2, 0) is 11.8 Å². The molecular formula is C16H19ClN4O2. The highest BCUT2D eigenvalue weighted by molar-refractivity contribution is 6.34. The van der Waals surface area contributed by atoms with Gasteiger partial charge in [0.05, 0.1) is 23.7 Å². The summed E-state index contributed by atoms with van der Waals surface area (Å²) in [5, 5.41) is 8.43. The first-order valence-corrected chi connectivity index (χ1v) is 7.86. The van der Waals surface area contributed by atoms with Crippen LogP contribution in [0, 0.1) is 13.8 Å². The topological polar surface area (TPSA) is 60.3 Å². The minimum atomic E-state index is -0.273. The number of halogens is 1. The SMILES string of the molecule is Cc1cc(Cl)c(C(=O)N2CCO[C@@H](c3nncn3C)C2)cc1C. The van der Waals surface area contributed by atoms with E-state index in [1.54, 1.807) is 11.2 Å². The number of hydrogen-bond acceptors (Lipinski definition) is 4. The second-order valence-corrected chi connectivity index (χ2v) is 6.23. The van der Waals surface area contributed by atoms with Crippen LogP contribution in [0.2, 0.25) is 5.02 Å². The van der Waals surface area contributed by atoms with E-state index in [4.69, 9.17) is 16.3 Å². The van der Waals surface area contributed by atoms with Gasteiger partial charge >= 0.3 is 0 Å². The predicted molar refractivity (Wildman–Crippen MR) is 86.5 cm³/mol. The van der Waals surface area contributed by atoms with Crippen LogP contribution >= 0.6 is 11.6 Å². The molecule has 0 radical (unpaired) electrons. The second-order valence-electron chi connectivity index (χ2n) is 5.83. The molecule has 1 aliphatic heterocycles. The molecule has 1 aromatic carbocycles. The average Bonchev–Trinajstić information content (AvgIpc) is 2.96. The number of amides is 1. The van der Waals surface area contributed by atoms with Gasteiger partial charge in [-0.25, -0.2) is 0 Å². The molecule has 2 heterocycles. The summed E-state index contributed by atoms with van der Waals surface area (Å²) in [7, 11) is 1.86. The molecule has 1 fully saturated rings. The van der Waals surface area contributed by atoms with Crippen LogP contribution in [-0.4, -0.2) is 45.3 Å². The highest BCUT2D eigenvalue weighted by Crippen LogP contribution is 2.25. The molecule has 1 atom stereocenters. The van der Waals surface area contributed by atoms with Crippen molar-refractivity contribution in [2.45, 2.75) is 20.0 Å². The fraction of sp³-hybridized carbons (Fsp3) is 0.438. The van der Waals surface area contributed by atoms with Crippen LogP contribution < -0.4 is 0 Å². The Hall–Kier alpha value is -1.92. The molecule has 0 N–H and O–H groups in total. The molecule has 0 spiro atoms. The zero-order valence-corrected chi connectivity index (χ0v) is 14.2. The smallest absolute Gasteiger partial charge is 0.255 e. The first-order valence-electron chi connectivity index (χ1n) is 7.49. The Morgan fingerprint density at radius 3 is 2.78 bits per heavy atom. The van der Waals surface area contributed by atoms with Crippen LogP contribution in [0.1, 0.15) is 33.4 Å². The van der Waals surface area contributed by atoms with Crippen LogP contribution in [0.15, 0.2) is 18.5 Å². The third kappa shape index (κ3) is 3.09. The number of hydrogen-bond donors (Lipinski definition) is 0. The van der Waals surface area contributed by atoms with Crippen molar-refractivity contribution < 1.29 is 9.53 Å². The maximum Gasteiger partial charge on any atom is 0.255 e. The van der Waals surface area contributed by atoms with Gasteiger partial charge in [-0.3, -0.25) is 4.79 Å². The van der Waals surface area contributed by atoms with Crippen LogP contribution in [0.3, 0.4) is 0 Å². The first kappa shape index (κ1) is 16.0. The zero-order valence-electron chi connectivity index (χ0n) is 13.4. The lowest BCUT2D eigenvalue weighted by molar-refractivity contribution is -0.0281. The summed E-state index contributed by atoms with van der Waals surface area (Å²) >= 11 is 6.27. The number of nitrogens with zero attached hydrogens (tertiary/aromatic N) is 4. The van der Waals surface area contributed by atoms with Gasteiger partial charge in [0.1, 0.15) is 12.4 Å². The van der Waals surface area contributed by atoms with Crippen LogP contribution in [0.4, 0.5) is 0 Å². The fourth-order valence-electron chi connectivity index (χ4n) is 2.69. The van der Waals surface area contributed by atoms with E-state index in [9.17, 15) is 4.79 Å². The second kappa shape index (κ2) is 6.29. The highest BCUT2D eigenvalue weighted by Gasteiger charge is 2.29. The van der Waals surface area contributed by atoms with Crippen molar-refractivity contribution in [3.8, 4) is 0 Å². The number of carbonyl (C=O) groups excluding carboxylic acids is 1. The van der Waals surface area contributed by atoms with E-state index in [0.29, 0.717) is 36.1 Å². The standard InChI is InChI=1S/C16H19ClN4O2/c1-10-6-12(13(17)7-11(10)2)16(22)21-4-5-23-14(8-21)15-19-18-9-20(15)3/h6-7,9,14H,4-5,8H2,1-3H3/t14-/m1/s1. The van der Waals surface area contributed by atoms with Gasteiger partial charge in [-0.1, -0.05) is 11.6 Å². The largest absolute Gasteiger partial charge is 0.366 e. The number of carbonyl (C=O) groups is 1. The fourth-order valence-corrected chi connectivity index (χ4v) is 2.99. The normalized spacial score (nSPS) is 18.3. The molecule has 0 aliphatic carbocycles. The van der Waals surface area contributed by atoms with Crippen LogP contribution in [0.5, 0.6) is 0 Å². The third-order valence-corrected chi connectivity index (χ3v) is 4.51. The Balaban J connectivity index is 1.83. The summed E-state index contributed by atoms with van der Waals surface area (Å²) in [5.41, 5.74) is 2.66. The molecular weight excluding hydrogens is 316 g/mol. The van der Waals surface area contributed by atoms with Gasteiger partial charge in [0, 0.05) is 13.6 Å². The van der Waals surface area contributed by atoms with Gasteiger partial charge in [0.25, 0.3) is 5.91 Å². The summed E-state index contributed by atoms with van der Waals surface area (Å²) in [6.07, 6.45) is 1.35. The Bertz CT molecular complexity index is 744. The minimum Gasteiger partial charge on any atom is -0.366 e. The Labute approximate surface area is 140 Å². The molecule has 7 heteroatoms. The van der Waals surface area contributed by atoms with E-state index in [2.05, 4.69) is 10.2 Å². The van der Waals surface area contributed by atoms with Gasteiger partial charge in [0.15, 0.2) is 5.82 Å². The number of morpholine rings is 1. The van der Waals surface area contributed by atoms with Gasteiger partial charge in [-0.05, 0) is 37.1 Å².